The second kappa shape index (κ2) is 8.49. The number of hydrogen-bond donors (Lipinski definition) is 2. The summed E-state index contributed by atoms with van der Waals surface area (Å²) in [6.45, 7) is 10.0. The van der Waals surface area contributed by atoms with Gasteiger partial charge in [-0.05, 0) is 43.9 Å². The van der Waals surface area contributed by atoms with Gasteiger partial charge in [-0.3, -0.25) is 9.59 Å². The van der Waals surface area contributed by atoms with Crippen LogP contribution in [0, 0.1) is 13.8 Å². The Morgan fingerprint density at radius 3 is 2.68 bits per heavy atom. The molecule has 3 aromatic rings. The van der Waals surface area contributed by atoms with Crippen molar-refractivity contribution in [1.82, 2.24) is 9.97 Å². The number of aryl methyl sites for hydroxylation is 2. The van der Waals surface area contributed by atoms with E-state index in [0.717, 1.165) is 26.5 Å². The number of anilines is 1. The van der Waals surface area contributed by atoms with Crippen LogP contribution in [0.15, 0.2) is 29.1 Å². The van der Waals surface area contributed by atoms with Crippen molar-refractivity contribution < 1.29 is 4.79 Å². The van der Waals surface area contributed by atoms with Gasteiger partial charge in [-0.15, -0.1) is 23.1 Å². The largest absolute Gasteiger partial charge is 0.325 e. The van der Waals surface area contributed by atoms with Crippen molar-refractivity contribution >= 4 is 44.9 Å². The Morgan fingerprint density at radius 2 is 1.96 bits per heavy atom. The highest BCUT2D eigenvalue weighted by Gasteiger charge is 2.17. The van der Waals surface area contributed by atoms with Gasteiger partial charge in [0.1, 0.15) is 10.7 Å². The number of para-hydroxylation sites is 1. The summed E-state index contributed by atoms with van der Waals surface area (Å²) in [7, 11) is 0. The van der Waals surface area contributed by atoms with Crippen LogP contribution < -0.4 is 10.9 Å². The topological polar surface area (TPSA) is 74.8 Å². The van der Waals surface area contributed by atoms with Gasteiger partial charge in [0.15, 0.2) is 0 Å². The molecule has 5 nitrogen and oxygen atoms in total. The van der Waals surface area contributed by atoms with E-state index in [-0.39, 0.29) is 16.7 Å². The third-order valence-corrected chi connectivity index (χ3v) is 7.02. The van der Waals surface area contributed by atoms with Crippen LogP contribution >= 0.6 is 23.1 Å². The maximum Gasteiger partial charge on any atom is 0.259 e. The second-order valence-corrected chi connectivity index (χ2v) is 9.69. The van der Waals surface area contributed by atoms with E-state index in [4.69, 9.17) is 0 Å². The maximum absolute atomic E-state index is 12.6. The SMILES string of the molecule is Cc1sc2nc(CSC(C)C(=O)Nc3ccccc3C(C)C)[nH]c(=O)c2c1C. The Kier molecular flexibility index (Phi) is 6.25. The first-order chi connectivity index (χ1) is 13.3. The Morgan fingerprint density at radius 1 is 1.25 bits per heavy atom. The fraction of sp³-hybridized carbons (Fsp3) is 0.381. The number of nitrogens with one attached hydrogen (secondary N) is 2. The summed E-state index contributed by atoms with van der Waals surface area (Å²) in [5.41, 5.74) is 2.86. The van der Waals surface area contributed by atoms with Crippen LogP contribution in [0.4, 0.5) is 5.69 Å². The molecule has 148 valence electrons. The van der Waals surface area contributed by atoms with Gasteiger partial charge in [0.25, 0.3) is 5.56 Å². The molecule has 0 fully saturated rings. The quantitative estimate of drug-likeness (QED) is 0.595. The zero-order chi connectivity index (χ0) is 20.4. The van der Waals surface area contributed by atoms with Crippen molar-refractivity contribution in [2.24, 2.45) is 0 Å². The van der Waals surface area contributed by atoms with Crippen LogP contribution in [-0.2, 0) is 10.5 Å². The molecule has 0 radical (unpaired) electrons. The van der Waals surface area contributed by atoms with Crippen molar-refractivity contribution in [3.8, 4) is 0 Å². The molecule has 1 amide bonds. The Balaban J connectivity index is 1.69. The van der Waals surface area contributed by atoms with Gasteiger partial charge < -0.3 is 10.3 Å². The predicted octanol–water partition coefficient (Wildman–Crippen LogP) is 4.99. The van der Waals surface area contributed by atoms with Crippen molar-refractivity contribution in [3.63, 3.8) is 0 Å². The van der Waals surface area contributed by atoms with Crippen molar-refractivity contribution in [2.45, 2.75) is 51.5 Å². The van der Waals surface area contributed by atoms with Crippen LogP contribution in [0.5, 0.6) is 0 Å². The fourth-order valence-corrected chi connectivity index (χ4v) is 4.80. The molecule has 3 rings (SSSR count). The van der Waals surface area contributed by atoms with E-state index >= 15 is 0 Å². The Hall–Kier alpha value is -2.12. The molecule has 0 saturated heterocycles. The van der Waals surface area contributed by atoms with E-state index in [1.54, 1.807) is 0 Å². The van der Waals surface area contributed by atoms with E-state index < -0.39 is 0 Å². The number of H-pyrrole nitrogens is 1. The average molecular weight is 416 g/mol. The first kappa shape index (κ1) is 20.6. The summed E-state index contributed by atoms with van der Waals surface area (Å²) in [6.07, 6.45) is 0. The van der Waals surface area contributed by atoms with Crippen LogP contribution in [0.25, 0.3) is 10.2 Å². The molecular formula is C21H25N3O2S2. The summed E-state index contributed by atoms with van der Waals surface area (Å²) in [5, 5.41) is 3.43. The van der Waals surface area contributed by atoms with Crippen LogP contribution in [0.3, 0.4) is 0 Å². The molecule has 0 bridgehead atoms. The zero-order valence-corrected chi connectivity index (χ0v) is 18.4. The molecule has 1 aromatic carbocycles. The lowest BCUT2D eigenvalue weighted by Gasteiger charge is -2.16. The van der Waals surface area contributed by atoms with E-state index in [9.17, 15) is 9.59 Å². The summed E-state index contributed by atoms with van der Waals surface area (Å²) in [6, 6.07) is 7.87. The second-order valence-electron chi connectivity index (χ2n) is 7.16. The highest BCUT2D eigenvalue weighted by atomic mass is 32.2. The number of nitrogens with zero attached hydrogens (tertiary/aromatic N) is 1. The molecule has 2 aromatic heterocycles. The molecule has 0 saturated carbocycles. The molecule has 2 heterocycles. The van der Waals surface area contributed by atoms with Crippen LogP contribution in [0.2, 0.25) is 0 Å². The van der Waals surface area contributed by atoms with Crippen molar-refractivity contribution in [1.29, 1.82) is 0 Å². The normalized spacial score (nSPS) is 12.5. The third-order valence-electron chi connectivity index (χ3n) is 4.77. The molecule has 1 atom stereocenters. The van der Waals surface area contributed by atoms with Crippen LogP contribution in [-0.4, -0.2) is 21.1 Å². The lowest BCUT2D eigenvalue weighted by Crippen LogP contribution is -2.23. The summed E-state index contributed by atoms with van der Waals surface area (Å²) in [5.74, 6) is 1.36. The number of aromatic amines is 1. The number of fused-ring (bicyclic) bond motifs is 1. The van der Waals surface area contributed by atoms with Gasteiger partial charge in [0, 0.05) is 10.6 Å². The average Bonchev–Trinajstić information content (AvgIpc) is 2.94. The fourth-order valence-electron chi connectivity index (χ4n) is 3.00. The monoisotopic (exact) mass is 415 g/mol. The molecule has 0 spiro atoms. The maximum atomic E-state index is 12.6. The first-order valence-electron chi connectivity index (χ1n) is 9.28. The van der Waals surface area contributed by atoms with Crippen LogP contribution in [0.1, 0.15) is 48.5 Å². The number of hydrogen-bond acceptors (Lipinski definition) is 5. The van der Waals surface area contributed by atoms with Gasteiger partial charge in [0.2, 0.25) is 5.91 Å². The number of amides is 1. The smallest absolute Gasteiger partial charge is 0.259 e. The number of benzene rings is 1. The number of carbonyl (C=O) groups is 1. The van der Waals surface area contributed by atoms with Gasteiger partial charge >= 0.3 is 0 Å². The van der Waals surface area contributed by atoms with Gasteiger partial charge in [-0.1, -0.05) is 32.0 Å². The predicted molar refractivity (Wildman–Crippen MR) is 120 cm³/mol. The van der Waals surface area contributed by atoms with Crippen molar-refractivity contribution in [2.75, 3.05) is 5.32 Å². The lowest BCUT2D eigenvalue weighted by atomic mass is 10.0. The molecular weight excluding hydrogens is 390 g/mol. The van der Waals surface area contributed by atoms with Gasteiger partial charge in [-0.25, -0.2) is 4.98 Å². The highest BCUT2D eigenvalue weighted by Crippen LogP contribution is 2.27. The van der Waals surface area contributed by atoms with Gasteiger partial charge in [-0.2, -0.15) is 0 Å². The molecule has 0 aliphatic rings. The summed E-state index contributed by atoms with van der Waals surface area (Å²) in [4.78, 5) is 34.3. The summed E-state index contributed by atoms with van der Waals surface area (Å²) >= 11 is 2.99. The standard InChI is InChI=1S/C21H25N3O2S2/c1-11(2)15-8-6-7-9-16(15)22-19(25)14(5)27-10-17-23-20(26)18-12(3)13(4)28-21(18)24-17/h6-9,11,14H,10H2,1-5H3,(H,22,25)(H,23,24,26). The van der Waals surface area contributed by atoms with Crippen molar-refractivity contribution in [3.05, 3.63) is 56.4 Å². The Labute approximate surface area is 173 Å². The minimum Gasteiger partial charge on any atom is -0.325 e. The Bertz CT molecular complexity index is 1070. The third kappa shape index (κ3) is 4.31. The number of aromatic nitrogens is 2. The molecule has 7 heteroatoms. The van der Waals surface area contributed by atoms with E-state index in [2.05, 4.69) is 29.1 Å². The number of rotatable bonds is 6. The van der Waals surface area contributed by atoms with E-state index in [0.29, 0.717) is 22.9 Å². The number of thioether (sulfide) groups is 1. The first-order valence-corrected chi connectivity index (χ1v) is 11.1. The zero-order valence-electron chi connectivity index (χ0n) is 16.8. The van der Waals surface area contributed by atoms with E-state index in [1.807, 2.05) is 45.0 Å². The molecule has 2 N–H and O–H groups in total. The molecule has 1 unspecified atom stereocenters. The number of carbonyl (C=O) groups excluding carboxylic acids is 1. The summed E-state index contributed by atoms with van der Waals surface area (Å²) < 4.78 is 0. The number of thiophene rings is 1. The molecule has 0 aliphatic carbocycles. The van der Waals surface area contributed by atoms with E-state index in [1.165, 1.54) is 23.1 Å². The minimum absolute atomic E-state index is 0.0515. The highest BCUT2D eigenvalue weighted by molar-refractivity contribution is 7.99. The molecule has 28 heavy (non-hydrogen) atoms. The molecule has 0 aliphatic heterocycles. The lowest BCUT2D eigenvalue weighted by molar-refractivity contribution is -0.115. The minimum atomic E-state index is -0.270. The van der Waals surface area contributed by atoms with Gasteiger partial charge in [0.05, 0.1) is 16.4 Å².